The van der Waals surface area contributed by atoms with Crippen LogP contribution in [0.3, 0.4) is 0 Å². The quantitative estimate of drug-likeness (QED) is 0.844. The van der Waals surface area contributed by atoms with Gasteiger partial charge in [-0.1, -0.05) is 12.1 Å². The number of rotatable bonds is 4. The minimum atomic E-state index is -0.692. The molecule has 0 aliphatic heterocycles. The smallest absolute Gasteiger partial charge is 0.262 e. The van der Waals surface area contributed by atoms with Crippen molar-refractivity contribution in [2.24, 2.45) is 0 Å². The van der Waals surface area contributed by atoms with Crippen LogP contribution < -0.4 is 15.8 Å². The first-order valence-corrected chi connectivity index (χ1v) is 6.07. The van der Waals surface area contributed by atoms with Crippen LogP contribution in [-0.4, -0.2) is 12.5 Å². The van der Waals surface area contributed by atoms with Crippen molar-refractivity contribution in [1.29, 1.82) is 5.26 Å². The minimum Gasteiger partial charge on any atom is -0.484 e. The van der Waals surface area contributed by atoms with Gasteiger partial charge < -0.3 is 15.8 Å². The number of amides is 1. The number of hydrogen-bond acceptors (Lipinski definition) is 4. The second-order valence-electron chi connectivity index (χ2n) is 4.18. The van der Waals surface area contributed by atoms with Crippen LogP contribution in [0, 0.1) is 17.1 Å². The molecule has 0 heterocycles. The SMILES string of the molecule is N#Cc1ccc(OCC(=O)Nc2ccccc2N)cc1F. The first-order valence-electron chi connectivity index (χ1n) is 6.07. The van der Waals surface area contributed by atoms with Crippen molar-refractivity contribution in [3.05, 3.63) is 53.8 Å². The maximum Gasteiger partial charge on any atom is 0.262 e. The van der Waals surface area contributed by atoms with Crippen molar-refractivity contribution in [3.8, 4) is 11.8 Å². The Bertz CT molecular complexity index is 710. The van der Waals surface area contributed by atoms with Crippen molar-refractivity contribution in [1.82, 2.24) is 0 Å². The van der Waals surface area contributed by atoms with Crippen molar-refractivity contribution >= 4 is 17.3 Å². The Balaban J connectivity index is 1.94. The second-order valence-corrected chi connectivity index (χ2v) is 4.18. The molecule has 0 aliphatic carbocycles. The lowest BCUT2D eigenvalue weighted by Gasteiger charge is -2.09. The molecule has 0 saturated heterocycles. The highest BCUT2D eigenvalue weighted by molar-refractivity contribution is 5.94. The predicted molar refractivity (Wildman–Crippen MR) is 76.1 cm³/mol. The van der Waals surface area contributed by atoms with Crippen LogP contribution in [0.1, 0.15) is 5.56 Å². The van der Waals surface area contributed by atoms with E-state index < -0.39 is 11.7 Å². The summed E-state index contributed by atoms with van der Waals surface area (Å²) in [6, 6.07) is 12.3. The number of nitrogens with zero attached hydrogens (tertiary/aromatic N) is 1. The van der Waals surface area contributed by atoms with Crippen LogP contribution in [-0.2, 0) is 4.79 Å². The van der Waals surface area contributed by atoms with Crippen LogP contribution in [0.15, 0.2) is 42.5 Å². The van der Waals surface area contributed by atoms with E-state index >= 15 is 0 Å². The Kier molecular flexibility index (Phi) is 4.36. The van der Waals surface area contributed by atoms with E-state index in [1.807, 2.05) is 0 Å². The molecule has 0 saturated carbocycles. The summed E-state index contributed by atoms with van der Waals surface area (Å²) in [6.07, 6.45) is 0. The Morgan fingerprint density at radius 1 is 1.33 bits per heavy atom. The van der Waals surface area contributed by atoms with Crippen LogP contribution in [0.2, 0.25) is 0 Å². The molecule has 0 unspecified atom stereocenters. The zero-order chi connectivity index (χ0) is 15.2. The molecule has 0 bridgehead atoms. The van der Waals surface area contributed by atoms with Crippen molar-refractivity contribution in [2.75, 3.05) is 17.7 Å². The second kappa shape index (κ2) is 6.39. The highest BCUT2D eigenvalue weighted by atomic mass is 19.1. The van der Waals surface area contributed by atoms with E-state index in [2.05, 4.69) is 5.32 Å². The summed E-state index contributed by atoms with van der Waals surface area (Å²) < 4.78 is 18.5. The van der Waals surface area contributed by atoms with Gasteiger partial charge in [0.1, 0.15) is 17.6 Å². The largest absolute Gasteiger partial charge is 0.484 e. The van der Waals surface area contributed by atoms with Gasteiger partial charge in [0.05, 0.1) is 16.9 Å². The molecule has 0 atom stereocenters. The molecule has 0 aromatic heterocycles. The molecule has 0 aliphatic rings. The highest BCUT2D eigenvalue weighted by Crippen LogP contribution is 2.18. The fourth-order valence-corrected chi connectivity index (χ4v) is 1.62. The van der Waals surface area contributed by atoms with E-state index in [0.717, 1.165) is 6.07 Å². The average Bonchev–Trinajstić information content (AvgIpc) is 2.48. The standard InChI is InChI=1S/C15H12FN3O2/c16-12-7-11(6-5-10(12)8-17)21-9-15(20)19-14-4-2-1-3-13(14)18/h1-7H,9,18H2,(H,19,20). The zero-order valence-electron chi connectivity index (χ0n) is 11.0. The topological polar surface area (TPSA) is 88.1 Å². The molecule has 0 radical (unpaired) electrons. The van der Waals surface area contributed by atoms with Gasteiger partial charge in [0, 0.05) is 6.07 Å². The third-order valence-electron chi connectivity index (χ3n) is 2.67. The fourth-order valence-electron chi connectivity index (χ4n) is 1.62. The van der Waals surface area contributed by atoms with E-state index in [1.54, 1.807) is 30.3 Å². The van der Waals surface area contributed by atoms with Gasteiger partial charge in [-0.05, 0) is 24.3 Å². The number of nitrogens with two attached hydrogens (primary N) is 1. The van der Waals surface area contributed by atoms with Gasteiger partial charge in [0.2, 0.25) is 0 Å². The fraction of sp³-hybridized carbons (Fsp3) is 0.0667. The predicted octanol–water partition coefficient (Wildman–Crippen LogP) is 2.30. The van der Waals surface area contributed by atoms with Crippen LogP contribution in [0.4, 0.5) is 15.8 Å². The van der Waals surface area contributed by atoms with E-state index in [1.165, 1.54) is 12.1 Å². The number of carbonyl (C=O) groups excluding carboxylic acids is 1. The first kappa shape index (κ1) is 14.3. The molecule has 3 N–H and O–H groups in total. The Morgan fingerprint density at radius 3 is 2.76 bits per heavy atom. The summed E-state index contributed by atoms with van der Waals surface area (Å²) in [5.74, 6) is -0.942. The van der Waals surface area contributed by atoms with Gasteiger partial charge in [0.25, 0.3) is 5.91 Å². The molecule has 2 rings (SSSR count). The number of nitriles is 1. The maximum absolute atomic E-state index is 13.4. The first-order chi connectivity index (χ1) is 10.1. The maximum atomic E-state index is 13.4. The van der Waals surface area contributed by atoms with Gasteiger partial charge in [-0.3, -0.25) is 4.79 Å². The number of ether oxygens (including phenoxy) is 1. The summed E-state index contributed by atoms with van der Waals surface area (Å²) in [5.41, 5.74) is 6.54. The van der Waals surface area contributed by atoms with E-state index in [0.29, 0.717) is 11.4 Å². The van der Waals surface area contributed by atoms with Gasteiger partial charge >= 0.3 is 0 Å². The molecule has 1 amide bonds. The minimum absolute atomic E-state index is 0.0798. The molecule has 6 heteroatoms. The van der Waals surface area contributed by atoms with Gasteiger partial charge in [-0.2, -0.15) is 5.26 Å². The number of halogens is 1. The highest BCUT2D eigenvalue weighted by Gasteiger charge is 2.07. The average molecular weight is 285 g/mol. The Hall–Kier alpha value is -3.07. The number of para-hydroxylation sites is 2. The Morgan fingerprint density at radius 2 is 2.10 bits per heavy atom. The lowest BCUT2D eigenvalue weighted by Crippen LogP contribution is -2.20. The number of benzene rings is 2. The van der Waals surface area contributed by atoms with E-state index in [9.17, 15) is 9.18 Å². The summed E-state index contributed by atoms with van der Waals surface area (Å²) in [7, 11) is 0. The third-order valence-corrected chi connectivity index (χ3v) is 2.67. The lowest BCUT2D eigenvalue weighted by atomic mass is 10.2. The van der Waals surface area contributed by atoms with Crippen molar-refractivity contribution < 1.29 is 13.9 Å². The molecule has 2 aromatic rings. The van der Waals surface area contributed by atoms with Gasteiger partial charge in [-0.25, -0.2) is 4.39 Å². The molecule has 5 nitrogen and oxygen atoms in total. The Labute approximate surface area is 120 Å². The molecule has 0 fully saturated rings. The van der Waals surface area contributed by atoms with Crippen LogP contribution in [0.25, 0.3) is 0 Å². The van der Waals surface area contributed by atoms with Gasteiger partial charge in [0.15, 0.2) is 6.61 Å². The van der Waals surface area contributed by atoms with E-state index in [-0.39, 0.29) is 17.9 Å². The number of nitrogens with one attached hydrogen (secondary N) is 1. The number of carbonyl (C=O) groups is 1. The van der Waals surface area contributed by atoms with Crippen molar-refractivity contribution in [2.45, 2.75) is 0 Å². The zero-order valence-corrected chi connectivity index (χ0v) is 11.0. The molecule has 21 heavy (non-hydrogen) atoms. The molecular weight excluding hydrogens is 273 g/mol. The summed E-state index contributed by atoms with van der Waals surface area (Å²) in [6.45, 7) is -0.292. The summed E-state index contributed by atoms with van der Waals surface area (Å²) in [4.78, 5) is 11.7. The third kappa shape index (κ3) is 3.70. The summed E-state index contributed by atoms with van der Waals surface area (Å²) in [5, 5.41) is 11.2. The number of anilines is 2. The van der Waals surface area contributed by atoms with E-state index in [4.69, 9.17) is 15.7 Å². The summed E-state index contributed by atoms with van der Waals surface area (Å²) >= 11 is 0. The number of hydrogen-bond donors (Lipinski definition) is 2. The normalized spacial score (nSPS) is 9.71. The monoisotopic (exact) mass is 285 g/mol. The van der Waals surface area contributed by atoms with Crippen LogP contribution in [0.5, 0.6) is 5.75 Å². The number of nitrogen functional groups attached to an aromatic ring is 1. The van der Waals surface area contributed by atoms with Gasteiger partial charge in [-0.15, -0.1) is 0 Å². The molecule has 2 aromatic carbocycles. The van der Waals surface area contributed by atoms with Crippen LogP contribution >= 0.6 is 0 Å². The lowest BCUT2D eigenvalue weighted by molar-refractivity contribution is -0.118. The molecule has 0 spiro atoms. The molecule has 106 valence electrons. The molecular formula is C15H12FN3O2. The van der Waals surface area contributed by atoms with Crippen molar-refractivity contribution in [3.63, 3.8) is 0 Å².